The van der Waals surface area contributed by atoms with Crippen molar-refractivity contribution in [2.75, 3.05) is 0 Å². The summed E-state index contributed by atoms with van der Waals surface area (Å²) in [5, 5.41) is 15.0. The van der Waals surface area contributed by atoms with Crippen LogP contribution < -0.4 is 0 Å². The van der Waals surface area contributed by atoms with Crippen LogP contribution in [-0.2, 0) is 0 Å². The molecular weight excluding hydrogens is 732 g/mol. The molecular formula is C52H31BrN2. The highest BCUT2D eigenvalue weighted by atomic mass is 79.9. The molecule has 0 N–H and O–H groups in total. The minimum atomic E-state index is 1.03. The summed E-state index contributed by atoms with van der Waals surface area (Å²) in [6.45, 7) is 0. The Balaban J connectivity index is 1.27. The van der Waals surface area contributed by atoms with Gasteiger partial charge in [-0.1, -0.05) is 140 Å². The summed E-state index contributed by atoms with van der Waals surface area (Å²) < 4.78 is 6.01. The second-order valence-corrected chi connectivity index (χ2v) is 15.5. The zero-order chi connectivity index (χ0) is 36.2. The first-order valence-corrected chi connectivity index (χ1v) is 19.6. The van der Waals surface area contributed by atoms with E-state index in [9.17, 15) is 0 Å². The molecule has 55 heavy (non-hydrogen) atoms. The van der Waals surface area contributed by atoms with E-state index in [0.717, 1.165) is 21.4 Å². The van der Waals surface area contributed by atoms with Crippen molar-refractivity contribution in [2.24, 2.45) is 0 Å². The van der Waals surface area contributed by atoms with Gasteiger partial charge >= 0.3 is 0 Å². The van der Waals surface area contributed by atoms with Crippen LogP contribution in [0.3, 0.4) is 0 Å². The van der Waals surface area contributed by atoms with E-state index in [-0.39, 0.29) is 0 Å². The van der Waals surface area contributed by atoms with Crippen molar-refractivity contribution in [1.29, 1.82) is 0 Å². The Morgan fingerprint density at radius 2 is 0.691 bits per heavy atom. The van der Waals surface area contributed by atoms with Crippen LogP contribution in [0.25, 0.3) is 109 Å². The van der Waals surface area contributed by atoms with Crippen molar-refractivity contribution in [3.63, 3.8) is 0 Å². The number of rotatable bonds is 3. The molecule has 0 unspecified atom stereocenters. The lowest BCUT2D eigenvalue weighted by Gasteiger charge is -2.19. The van der Waals surface area contributed by atoms with Crippen LogP contribution in [0.2, 0.25) is 0 Å². The highest BCUT2D eigenvalue weighted by molar-refractivity contribution is 9.10. The van der Waals surface area contributed by atoms with Gasteiger partial charge in [-0.2, -0.15) is 0 Å². The quantitative estimate of drug-likeness (QED) is 0.170. The lowest BCUT2D eigenvalue weighted by molar-refractivity contribution is 1.12. The monoisotopic (exact) mass is 762 g/mol. The third-order valence-corrected chi connectivity index (χ3v) is 12.5. The summed E-state index contributed by atoms with van der Waals surface area (Å²) in [5.41, 5.74) is 9.24. The highest BCUT2D eigenvalue weighted by Gasteiger charge is 2.23. The zero-order valence-corrected chi connectivity index (χ0v) is 31.3. The molecule has 0 saturated heterocycles. The largest absolute Gasteiger partial charge is 0.308 e. The van der Waals surface area contributed by atoms with E-state index in [1.54, 1.807) is 0 Å². The van der Waals surface area contributed by atoms with Crippen molar-refractivity contribution in [3.05, 3.63) is 193 Å². The molecule has 0 fully saturated rings. The van der Waals surface area contributed by atoms with E-state index >= 15 is 0 Å². The Labute approximate surface area is 325 Å². The van der Waals surface area contributed by atoms with E-state index in [1.165, 1.54) is 92.3 Å². The van der Waals surface area contributed by atoms with Crippen molar-refractivity contribution >= 4 is 103 Å². The van der Waals surface area contributed by atoms with Gasteiger partial charge in [0, 0.05) is 21.5 Å². The van der Waals surface area contributed by atoms with Gasteiger partial charge in [-0.3, -0.25) is 0 Å². The first kappa shape index (κ1) is 30.7. The third-order valence-electron chi connectivity index (χ3n) is 11.7. The Bertz CT molecular complexity index is 3340. The van der Waals surface area contributed by atoms with Crippen molar-refractivity contribution in [3.8, 4) is 22.5 Å². The van der Waals surface area contributed by atoms with E-state index in [1.807, 2.05) is 0 Å². The standard InChI is InChI=1S/C52H31BrN2/c53-52-48(54-44-24-22-33-14-8-10-20-40(33)50(44)42-26-35-16-4-6-18-37(35)28-46(42)54)30-39(32-12-2-1-3-13-32)31-49(52)55-45-25-23-34-15-9-11-21-41(34)51(45)43-27-36-17-5-7-19-38(36)29-47(43)55/h1-31H. The van der Waals surface area contributed by atoms with E-state index in [0.29, 0.717) is 0 Å². The summed E-state index contributed by atoms with van der Waals surface area (Å²) in [6, 6.07) is 69.2. The van der Waals surface area contributed by atoms with Gasteiger partial charge in [0.15, 0.2) is 0 Å². The van der Waals surface area contributed by atoms with Crippen LogP contribution in [0.5, 0.6) is 0 Å². The molecule has 0 spiro atoms. The lowest BCUT2D eigenvalue weighted by Crippen LogP contribution is -2.02. The number of fused-ring (bicyclic) bond motifs is 12. The molecule has 10 aromatic carbocycles. The molecule has 2 aromatic heterocycles. The normalized spacial score (nSPS) is 12.1. The molecule has 0 saturated carbocycles. The first-order valence-electron chi connectivity index (χ1n) is 18.8. The molecule has 2 nitrogen and oxygen atoms in total. The Hall–Kier alpha value is -6.68. The molecule has 0 aliphatic heterocycles. The summed E-state index contributed by atoms with van der Waals surface area (Å²) in [6.07, 6.45) is 0. The highest BCUT2D eigenvalue weighted by Crippen LogP contribution is 2.45. The zero-order valence-electron chi connectivity index (χ0n) is 29.7. The molecule has 0 radical (unpaired) electrons. The lowest BCUT2D eigenvalue weighted by atomic mass is 10.0. The maximum absolute atomic E-state index is 4.33. The topological polar surface area (TPSA) is 9.86 Å². The van der Waals surface area contributed by atoms with E-state index in [2.05, 4.69) is 213 Å². The van der Waals surface area contributed by atoms with Crippen LogP contribution in [0.15, 0.2) is 193 Å². The minimum absolute atomic E-state index is 1.03. The molecule has 0 aliphatic carbocycles. The fourth-order valence-corrected chi connectivity index (χ4v) is 9.76. The summed E-state index contributed by atoms with van der Waals surface area (Å²) in [4.78, 5) is 0. The van der Waals surface area contributed by atoms with Gasteiger partial charge in [-0.15, -0.1) is 0 Å². The van der Waals surface area contributed by atoms with Gasteiger partial charge in [0.25, 0.3) is 0 Å². The number of hydrogen-bond acceptors (Lipinski definition) is 0. The van der Waals surface area contributed by atoms with E-state index in [4.69, 9.17) is 0 Å². The van der Waals surface area contributed by atoms with Crippen LogP contribution >= 0.6 is 15.9 Å². The van der Waals surface area contributed by atoms with Gasteiger partial charge in [0.05, 0.1) is 37.9 Å². The van der Waals surface area contributed by atoms with Crippen molar-refractivity contribution < 1.29 is 0 Å². The number of nitrogens with zero attached hydrogens (tertiary/aromatic N) is 2. The second kappa shape index (κ2) is 11.7. The molecule has 12 aromatic rings. The maximum atomic E-state index is 4.33. The fraction of sp³-hybridized carbons (Fsp3) is 0. The Morgan fingerprint density at radius 3 is 1.16 bits per heavy atom. The average molecular weight is 764 g/mol. The van der Waals surface area contributed by atoms with Gasteiger partial charge in [-0.05, 0) is 119 Å². The molecule has 0 aliphatic rings. The molecule has 0 atom stereocenters. The van der Waals surface area contributed by atoms with Crippen LogP contribution in [0.4, 0.5) is 0 Å². The van der Waals surface area contributed by atoms with Crippen molar-refractivity contribution in [2.45, 2.75) is 0 Å². The minimum Gasteiger partial charge on any atom is -0.308 e. The number of hydrogen-bond donors (Lipinski definition) is 0. The predicted octanol–water partition coefficient (Wildman–Crippen LogP) is 14.9. The van der Waals surface area contributed by atoms with Gasteiger partial charge < -0.3 is 9.13 Å². The first-order chi connectivity index (χ1) is 27.2. The smallest absolute Gasteiger partial charge is 0.0657 e. The molecule has 2 heterocycles. The molecule has 0 bridgehead atoms. The van der Waals surface area contributed by atoms with Crippen molar-refractivity contribution in [1.82, 2.24) is 9.13 Å². The molecule has 3 heteroatoms. The van der Waals surface area contributed by atoms with E-state index < -0.39 is 0 Å². The molecule has 12 rings (SSSR count). The SMILES string of the molecule is Brc1c(-n2c3cc4ccccc4cc3c3c4ccccc4ccc32)cc(-c2ccccc2)cc1-n1c2cc3ccccc3cc2c2c3ccccc3ccc21. The van der Waals surface area contributed by atoms with Crippen LogP contribution in [0, 0.1) is 0 Å². The Kier molecular flexibility index (Phi) is 6.52. The maximum Gasteiger partial charge on any atom is 0.0657 e. The van der Waals surface area contributed by atoms with Gasteiger partial charge in [0.1, 0.15) is 0 Å². The average Bonchev–Trinajstić information content (AvgIpc) is 3.74. The Morgan fingerprint density at radius 1 is 0.291 bits per heavy atom. The van der Waals surface area contributed by atoms with Gasteiger partial charge in [-0.25, -0.2) is 0 Å². The second-order valence-electron chi connectivity index (χ2n) is 14.7. The third kappa shape index (κ3) is 4.48. The molecule has 0 amide bonds. The molecule has 256 valence electrons. The summed E-state index contributed by atoms with van der Waals surface area (Å²) in [7, 11) is 0. The summed E-state index contributed by atoms with van der Waals surface area (Å²) >= 11 is 4.33. The van der Waals surface area contributed by atoms with Crippen LogP contribution in [0.1, 0.15) is 0 Å². The van der Waals surface area contributed by atoms with Gasteiger partial charge in [0.2, 0.25) is 0 Å². The fourth-order valence-electron chi connectivity index (χ4n) is 9.18. The number of halogens is 1. The number of benzene rings is 10. The number of aromatic nitrogens is 2. The van der Waals surface area contributed by atoms with Crippen LogP contribution in [-0.4, -0.2) is 9.13 Å². The predicted molar refractivity (Wildman–Crippen MR) is 238 cm³/mol. The summed E-state index contributed by atoms with van der Waals surface area (Å²) in [5.74, 6) is 0.